The van der Waals surface area contributed by atoms with E-state index in [0.717, 1.165) is 39.6 Å². The fourth-order valence-electron chi connectivity index (χ4n) is 10.3. The number of fused-ring (bicyclic) bond motifs is 5. The third-order valence-corrected chi connectivity index (χ3v) is 14.6. The first-order valence-corrected chi connectivity index (χ1v) is 23.7. The Hall–Kier alpha value is -4.90. The third-order valence-electron chi connectivity index (χ3n) is 13.6. The Kier molecular flexibility index (Phi) is 10.8. The van der Waals surface area contributed by atoms with Gasteiger partial charge in [0.25, 0.3) is 0 Å². The summed E-state index contributed by atoms with van der Waals surface area (Å²) >= 11 is 7.43. The molecule has 0 unspecified atom stereocenters. The summed E-state index contributed by atoms with van der Waals surface area (Å²) in [4.78, 5) is 4.93. The second-order valence-electron chi connectivity index (χ2n) is 17.3. The van der Waals surface area contributed by atoms with Gasteiger partial charge in [0.05, 0.1) is 0 Å². The van der Waals surface area contributed by atoms with Crippen LogP contribution in [-0.4, -0.2) is 0 Å². The van der Waals surface area contributed by atoms with Crippen molar-refractivity contribution >= 4 is 66.0 Å². The van der Waals surface area contributed by atoms with E-state index in [9.17, 15) is 0 Å². The van der Waals surface area contributed by atoms with Gasteiger partial charge in [-0.1, -0.05) is 93.7 Å². The van der Waals surface area contributed by atoms with Crippen molar-refractivity contribution in [2.75, 3.05) is 9.80 Å². The number of hydrogen-bond acceptors (Lipinski definition) is 2. The molecule has 0 fully saturated rings. The molecule has 0 amide bonds. The Labute approximate surface area is 373 Å². The molecule has 4 heteroatoms. The molecular weight excluding hydrogens is 860 g/mol. The summed E-state index contributed by atoms with van der Waals surface area (Å²) < 4.78 is 2.16. The highest BCUT2D eigenvalue weighted by Gasteiger charge is 2.41. The van der Waals surface area contributed by atoms with Gasteiger partial charge < -0.3 is 9.80 Å². The molecule has 10 rings (SSSR count). The molecule has 60 heavy (non-hydrogen) atoms. The van der Waals surface area contributed by atoms with Gasteiger partial charge in [-0.3, -0.25) is 0 Å². The van der Waals surface area contributed by atoms with Crippen molar-refractivity contribution in [3.05, 3.63) is 199 Å². The van der Waals surface area contributed by atoms with E-state index in [-0.39, 0.29) is 5.41 Å². The highest BCUT2D eigenvalue weighted by Crippen LogP contribution is 2.55. The zero-order chi connectivity index (χ0) is 40.8. The predicted octanol–water partition coefficient (Wildman–Crippen LogP) is 16.6. The van der Waals surface area contributed by atoms with Crippen LogP contribution >= 0.6 is 31.9 Å². The molecule has 3 aliphatic carbocycles. The van der Waals surface area contributed by atoms with Crippen LogP contribution < -0.4 is 9.80 Å². The molecule has 7 aromatic rings. The molecule has 0 atom stereocenters. The second-order valence-corrected chi connectivity index (χ2v) is 19.2. The summed E-state index contributed by atoms with van der Waals surface area (Å²) in [6.07, 6.45) is 13.3. The summed E-state index contributed by atoms with van der Waals surface area (Å²) in [6, 6.07) is 56.0. The summed E-state index contributed by atoms with van der Waals surface area (Å²) in [5, 5.41) is 0. The number of nitrogens with zero attached hydrogens (tertiary/aromatic N) is 2. The number of benzene rings is 7. The van der Waals surface area contributed by atoms with Crippen molar-refractivity contribution in [2.45, 2.75) is 89.9 Å². The van der Waals surface area contributed by atoms with Gasteiger partial charge in [0, 0.05) is 48.5 Å². The van der Waals surface area contributed by atoms with E-state index in [0.29, 0.717) is 0 Å². The molecule has 0 N–H and O–H groups in total. The first-order chi connectivity index (χ1) is 29.4. The summed E-state index contributed by atoms with van der Waals surface area (Å²) in [5.41, 5.74) is 20.8. The van der Waals surface area contributed by atoms with Crippen LogP contribution in [0.15, 0.2) is 155 Å². The Balaban J connectivity index is 1.16. The van der Waals surface area contributed by atoms with Crippen LogP contribution in [-0.2, 0) is 37.5 Å². The van der Waals surface area contributed by atoms with E-state index in [1.165, 1.54) is 130 Å². The quantitative estimate of drug-likeness (QED) is 0.135. The topological polar surface area (TPSA) is 6.48 Å². The largest absolute Gasteiger partial charge is 0.310 e. The number of hydrogen-bond donors (Lipinski definition) is 0. The number of rotatable bonds is 10. The molecule has 0 bridgehead atoms. The van der Waals surface area contributed by atoms with E-state index in [4.69, 9.17) is 0 Å². The van der Waals surface area contributed by atoms with Crippen molar-refractivity contribution in [1.29, 1.82) is 0 Å². The zero-order valence-electron chi connectivity index (χ0n) is 34.8. The van der Waals surface area contributed by atoms with Gasteiger partial charge >= 0.3 is 0 Å². The second kappa shape index (κ2) is 16.5. The van der Waals surface area contributed by atoms with Crippen LogP contribution in [0.4, 0.5) is 34.1 Å². The van der Waals surface area contributed by atoms with Crippen molar-refractivity contribution in [2.24, 2.45) is 0 Å². The molecule has 0 aliphatic heterocycles. The van der Waals surface area contributed by atoms with Crippen LogP contribution in [0.3, 0.4) is 0 Å². The Morgan fingerprint density at radius 1 is 0.450 bits per heavy atom. The normalized spacial score (nSPS) is 14.8. The number of unbranched alkanes of at least 4 members (excludes halogenated alkanes) is 1. The Bertz CT molecular complexity index is 2520. The van der Waals surface area contributed by atoms with Crippen LogP contribution in [0.2, 0.25) is 0 Å². The monoisotopic (exact) mass is 910 g/mol. The van der Waals surface area contributed by atoms with Gasteiger partial charge in [-0.2, -0.15) is 0 Å². The minimum absolute atomic E-state index is 0.326. The standard InChI is InChI=1S/C56H52Br2N2/c1-3-4-9-38-14-18-43(19-15-38)56(2)54-32-30-50(59(46-26-20-44(57)21-27-46)48-24-16-39-10-5-7-12-41(39)34-48)36-52(54)53-37-51(31-33-55(53)56)60(47-28-22-45(58)23-29-47)49-25-17-40-11-6-8-13-42(40)35-49/h14-37H,3-13H2,1-2H3. The lowest BCUT2D eigenvalue weighted by Gasteiger charge is -2.31. The van der Waals surface area contributed by atoms with E-state index in [2.05, 4.69) is 201 Å². The minimum Gasteiger partial charge on any atom is -0.310 e. The minimum atomic E-state index is -0.326. The highest BCUT2D eigenvalue weighted by atomic mass is 79.9. The molecule has 0 spiro atoms. The molecule has 300 valence electrons. The van der Waals surface area contributed by atoms with Crippen LogP contribution in [0.1, 0.15) is 96.9 Å². The molecule has 0 heterocycles. The maximum atomic E-state index is 3.71. The summed E-state index contributed by atoms with van der Waals surface area (Å²) in [5.74, 6) is 0. The zero-order valence-corrected chi connectivity index (χ0v) is 38.0. The van der Waals surface area contributed by atoms with Crippen LogP contribution in [0.25, 0.3) is 11.1 Å². The molecular formula is C56H52Br2N2. The fraction of sp³-hybridized carbons (Fsp3) is 0.250. The smallest absolute Gasteiger partial charge is 0.0468 e. The number of aryl methyl sites for hydroxylation is 5. The van der Waals surface area contributed by atoms with E-state index < -0.39 is 0 Å². The SMILES string of the molecule is CCCCc1ccc(C2(C)c3ccc(N(c4ccc(Br)cc4)c4ccc5c(c4)CCCC5)cc3-c3cc(N(c4ccc(Br)cc4)c4ccc5c(c4)CCCC5)ccc32)cc1. The summed E-state index contributed by atoms with van der Waals surface area (Å²) in [7, 11) is 0. The molecule has 0 saturated heterocycles. The highest BCUT2D eigenvalue weighted by molar-refractivity contribution is 9.10. The van der Waals surface area contributed by atoms with Crippen molar-refractivity contribution < 1.29 is 0 Å². The Morgan fingerprint density at radius 2 is 0.850 bits per heavy atom. The van der Waals surface area contributed by atoms with E-state index in [1.54, 1.807) is 0 Å². The van der Waals surface area contributed by atoms with Gasteiger partial charge in [0.1, 0.15) is 0 Å². The maximum absolute atomic E-state index is 3.71. The van der Waals surface area contributed by atoms with Crippen molar-refractivity contribution in [1.82, 2.24) is 0 Å². The van der Waals surface area contributed by atoms with Gasteiger partial charge in [-0.25, -0.2) is 0 Å². The van der Waals surface area contributed by atoms with Gasteiger partial charge in [-0.05, 0) is 224 Å². The number of anilines is 6. The molecule has 0 radical (unpaired) electrons. The predicted molar refractivity (Wildman–Crippen MR) is 261 cm³/mol. The van der Waals surface area contributed by atoms with Gasteiger partial charge in [-0.15, -0.1) is 0 Å². The van der Waals surface area contributed by atoms with Gasteiger partial charge in [0.15, 0.2) is 0 Å². The fourth-order valence-corrected chi connectivity index (χ4v) is 10.8. The van der Waals surface area contributed by atoms with E-state index in [1.807, 2.05) is 0 Å². The number of halogens is 2. The molecule has 0 saturated carbocycles. The Morgan fingerprint density at radius 3 is 1.30 bits per heavy atom. The summed E-state index contributed by atoms with van der Waals surface area (Å²) in [6.45, 7) is 4.72. The van der Waals surface area contributed by atoms with Crippen LogP contribution in [0, 0.1) is 0 Å². The van der Waals surface area contributed by atoms with Crippen LogP contribution in [0.5, 0.6) is 0 Å². The lowest BCUT2D eigenvalue weighted by Crippen LogP contribution is -2.22. The average molecular weight is 913 g/mol. The van der Waals surface area contributed by atoms with Crippen molar-refractivity contribution in [3.63, 3.8) is 0 Å². The van der Waals surface area contributed by atoms with Gasteiger partial charge in [0.2, 0.25) is 0 Å². The lowest BCUT2D eigenvalue weighted by molar-refractivity contribution is 0.685. The first kappa shape index (κ1) is 39.2. The molecule has 0 aromatic heterocycles. The van der Waals surface area contributed by atoms with Crippen molar-refractivity contribution in [3.8, 4) is 11.1 Å². The average Bonchev–Trinajstić information content (AvgIpc) is 3.54. The third kappa shape index (κ3) is 7.24. The lowest BCUT2D eigenvalue weighted by atomic mass is 9.74. The first-order valence-electron chi connectivity index (χ1n) is 22.1. The molecule has 2 nitrogen and oxygen atoms in total. The molecule has 3 aliphatic rings. The maximum Gasteiger partial charge on any atom is 0.0468 e. The molecule has 7 aromatic carbocycles. The van der Waals surface area contributed by atoms with E-state index >= 15 is 0 Å².